The van der Waals surface area contributed by atoms with E-state index in [0.717, 1.165) is 55.9 Å². The van der Waals surface area contributed by atoms with Crippen LogP contribution in [0.2, 0.25) is 0 Å². The number of nitrogens with one attached hydrogen (secondary N) is 1. The van der Waals surface area contributed by atoms with Crippen molar-refractivity contribution in [1.82, 2.24) is 20.1 Å². The van der Waals surface area contributed by atoms with E-state index in [1.54, 1.807) is 12.0 Å². The average molecular weight is 709 g/mol. The Morgan fingerprint density at radius 3 is 2.56 bits per heavy atom. The molecule has 3 amide bonds. The number of benzene rings is 2. The van der Waals surface area contributed by atoms with Gasteiger partial charge in [0.2, 0.25) is 17.7 Å². The Labute approximate surface area is 304 Å². The Morgan fingerprint density at radius 2 is 1.79 bits per heavy atom. The minimum atomic E-state index is -1.41. The molecule has 5 atom stereocenters. The Balaban J connectivity index is 1.21. The lowest BCUT2D eigenvalue weighted by molar-refractivity contribution is -0.147. The molecule has 274 valence electrons. The van der Waals surface area contributed by atoms with Gasteiger partial charge in [-0.05, 0) is 57.1 Å². The van der Waals surface area contributed by atoms with E-state index >= 15 is 0 Å². The SMILES string of the molecule is COc1ccc2c(O[C@@H]3C[C@H]4C(=O)N[C@@]5(C(=O)O)CC5/C=C\CCCCC[C@H](CC(=O)N5CCCCC5)C(=O)N4C3)cc(-c3ccccc3)nc2c1. The predicted molar refractivity (Wildman–Crippen MR) is 196 cm³/mol. The van der Waals surface area contributed by atoms with Gasteiger partial charge in [0.05, 0.1) is 24.9 Å². The van der Waals surface area contributed by atoms with Crippen LogP contribution < -0.4 is 14.8 Å². The number of allylic oxidation sites excluding steroid dienone is 1. The fraction of sp³-hybridized carbons (Fsp3) is 0.488. The van der Waals surface area contributed by atoms with Crippen LogP contribution in [0.1, 0.15) is 70.6 Å². The van der Waals surface area contributed by atoms with E-state index in [4.69, 9.17) is 14.5 Å². The van der Waals surface area contributed by atoms with Gasteiger partial charge in [-0.3, -0.25) is 14.4 Å². The van der Waals surface area contributed by atoms with Crippen molar-refractivity contribution in [2.45, 2.75) is 88.3 Å². The van der Waals surface area contributed by atoms with Crippen molar-refractivity contribution in [3.63, 3.8) is 0 Å². The van der Waals surface area contributed by atoms with Crippen LogP contribution >= 0.6 is 0 Å². The maximum Gasteiger partial charge on any atom is 0.330 e. The van der Waals surface area contributed by atoms with E-state index in [0.29, 0.717) is 48.6 Å². The normalized spacial score (nSPS) is 27.4. The highest BCUT2D eigenvalue weighted by atomic mass is 16.5. The molecule has 3 aliphatic heterocycles. The topological polar surface area (TPSA) is 138 Å². The van der Waals surface area contributed by atoms with Gasteiger partial charge < -0.3 is 29.7 Å². The van der Waals surface area contributed by atoms with Gasteiger partial charge in [-0.2, -0.15) is 0 Å². The minimum absolute atomic E-state index is 0.0234. The van der Waals surface area contributed by atoms with Crippen molar-refractivity contribution < 1.29 is 33.8 Å². The van der Waals surface area contributed by atoms with Gasteiger partial charge in [0.1, 0.15) is 29.2 Å². The molecule has 2 aromatic carbocycles. The summed E-state index contributed by atoms with van der Waals surface area (Å²) in [5.74, 6) is -1.58. The van der Waals surface area contributed by atoms with Crippen LogP contribution in [0.5, 0.6) is 11.5 Å². The number of aromatic nitrogens is 1. The van der Waals surface area contributed by atoms with Gasteiger partial charge in [0.25, 0.3) is 0 Å². The van der Waals surface area contributed by atoms with Gasteiger partial charge in [0.15, 0.2) is 0 Å². The van der Waals surface area contributed by atoms with Gasteiger partial charge in [-0.15, -0.1) is 0 Å². The number of carboxylic acids is 1. The molecule has 4 aliphatic rings. The van der Waals surface area contributed by atoms with Gasteiger partial charge in [0, 0.05) is 60.8 Å². The fourth-order valence-corrected chi connectivity index (χ4v) is 8.10. The summed E-state index contributed by atoms with van der Waals surface area (Å²) in [7, 11) is 1.60. The molecule has 7 rings (SSSR count). The van der Waals surface area contributed by atoms with Crippen LogP contribution in [-0.4, -0.2) is 88.0 Å². The predicted octanol–water partition coefficient (Wildman–Crippen LogP) is 5.76. The maximum absolute atomic E-state index is 14.6. The van der Waals surface area contributed by atoms with Crippen molar-refractivity contribution in [3.8, 4) is 22.8 Å². The van der Waals surface area contributed by atoms with Crippen molar-refractivity contribution in [3.05, 3.63) is 66.7 Å². The molecule has 1 aromatic heterocycles. The summed E-state index contributed by atoms with van der Waals surface area (Å²) in [6.45, 7) is 1.52. The molecule has 4 heterocycles. The first-order valence-electron chi connectivity index (χ1n) is 18.8. The molecule has 2 saturated heterocycles. The van der Waals surface area contributed by atoms with Crippen LogP contribution in [0.25, 0.3) is 22.2 Å². The number of pyridine rings is 1. The van der Waals surface area contributed by atoms with Crippen molar-refractivity contribution in [1.29, 1.82) is 0 Å². The summed E-state index contributed by atoms with van der Waals surface area (Å²) in [4.78, 5) is 63.2. The number of methoxy groups -OCH3 is 1. The third-order valence-electron chi connectivity index (χ3n) is 11.2. The van der Waals surface area contributed by atoms with Crippen molar-refractivity contribution in [2.75, 3.05) is 26.7 Å². The van der Waals surface area contributed by atoms with E-state index in [1.165, 1.54) is 0 Å². The Hall–Kier alpha value is -4.93. The summed E-state index contributed by atoms with van der Waals surface area (Å²) >= 11 is 0. The molecule has 0 spiro atoms. The highest BCUT2D eigenvalue weighted by molar-refractivity contribution is 5.96. The quantitative estimate of drug-likeness (QED) is 0.296. The summed E-state index contributed by atoms with van der Waals surface area (Å²) in [6.07, 6.45) is 10.8. The number of carbonyl (C=O) groups excluding carboxylic acids is 3. The highest BCUT2D eigenvalue weighted by Gasteiger charge is 2.61. The zero-order valence-electron chi connectivity index (χ0n) is 29.8. The zero-order valence-corrected chi connectivity index (χ0v) is 29.8. The number of hydrogen-bond acceptors (Lipinski definition) is 7. The number of nitrogens with zero attached hydrogens (tertiary/aromatic N) is 3. The third kappa shape index (κ3) is 7.49. The second kappa shape index (κ2) is 15.4. The minimum Gasteiger partial charge on any atom is -0.497 e. The third-order valence-corrected chi connectivity index (χ3v) is 11.2. The number of likely N-dealkylation sites (tertiary alicyclic amines) is 1. The summed E-state index contributed by atoms with van der Waals surface area (Å²) < 4.78 is 12.2. The maximum atomic E-state index is 14.6. The smallest absolute Gasteiger partial charge is 0.330 e. The van der Waals surface area contributed by atoms with Crippen LogP contribution in [0, 0.1) is 11.8 Å². The number of hydrogen-bond donors (Lipinski definition) is 2. The number of piperidine rings is 1. The monoisotopic (exact) mass is 708 g/mol. The molecule has 11 nitrogen and oxygen atoms in total. The van der Waals surface area contributed by atoms with Crippen LogP contribution in [0.15, 0.2) is 66.7 Å². The second-order valence-corrected chi connectivity index (χ2v) is 14.7. The molecule has 1 aliphatic carbocycles. The summed E-state index contributed by atoms with van der Waals surface area (Å²) in [6, 6.07) is 16.2. The lowest BCUT2D eigenvalue weighted by Crippen LogP contribution is -2.54. The molecule has 1 saturated carbocycles. The lowest BCUT2D eigenvalue weighted by atomic mass is 9.94. The second-order valence-electron chi connectivity index (χ2n) is 14.7. The van der Waals surface area contributed by atoms with Crippen LogP contribution in [0.3, 0.4) is 0 Å². The van der Waals surface area contributed by atoms with Crippen molar-refractivity contribution >= 4 is 34.6 Å². The first-order valence-corrected chi connectivity index (χ1v) is 18.8. The number of rotatable bonds is 7. The van der Waals surface area contributed by atoms with Crippen molar-refractivity contribution in [2.24, 2.45) is 11.8 Å². The molecule has 2 N–H and O–H groups in total. The highest BCUT2D eigenvalue weighted by Crippen LogP contribution is 2.45. The van der Waals surface area contributed by atoms with E-state index < -0.39 is 35.5 Å². The number of ether oxygens (including phenoxy) is 2. The zero-order chi connectivity index (χ0) is 36.2. The molecule has 0 bridgehead atoms. The number of carboxylic acid groups (broad SMARTS) is 1. The van der Waals surface area contributed by atoms with E-state index in [2.05, 4.69) is 5.32 Å². The fourth-order valence-electron chi connectivity index (χ4n) is 8.10. The summed E-state index contributed by atoms with van der Waals surface area (Å²) in [5, 5.41) is 13.9. The Bertz CT molecular complexity index is 1840. The lowest BCUT2D eigenvalue weighted by Gasteiger charge is -2.31. The van der Waals surface area contributed by atoms with E-state index in [1.807, 2.05) is 71.6 Å². The molecule has 0 radical (unpaired) electrons. The van der Waals surface area contributed by atoms with Gasteiger partial charge in [-0.1, -0.05) is 55.3 Å². The molecule has 3 aromatic rings. The Kier molecular flexibility index (Phi) is 10.5. The van der Waals surface area contributed by atoms with Gasteiger partial charge >= 0.3 is 5.97 Å². The molecule has 3 fully saturated rings. The molecule has 52 heavy (non-hydrogen) atoms. The average Bonchev–Trinajstić information content (AvgIpc) is 3.70. The number of amides is 3. The van der Waals surface area contributed by atoms with E-state index in [9.17, 15) is 24.3 Å². The van der Waals surface area contributed by atoms with Gasteiger partial charge in [-0.25, -0.2) is 9.78 Å². The molecule has 1 unspecified atom stereocenters. The largest absolute Gasteiger partial charge is 0.497 e. The first kappa shape index (κ1) is 35.5. The number of aliphatic carboxylic acids is 1. The molecule has 11 heteroatoms. The van der Waals surface area contributed by atoms with E-state index in [-0.39, 0.29) is 37.1 Å². The number of carbonyl (C=O) groups is 4. The van der Waals surface area contributed by atoms with Crippen LogP contribution in [0.4, 0.5) is 0 Å². The Morgan fingerprint density at radius 1 is 1.00 bits per heavy atom. The van der Waals surface area contributed by atoms with Crippen LogP contribution in [-0.2, 0) is 19.2 Å². The standard InChI is InChI=1S/C41H48N4O7/c1-51-30-17-18-32-34(22-30)42-33(27-13-8-5-9-14-27)24-36(32)52-31-23-35-38(47)43-41(40(49)50)25-29(41)16-10-4-2-3-7-15-28(39(48)45(35)26-31)21-37(46)44-19-11-6-12-20-44/h5,8-10,13-14,16-18,22,24,28-29,31,35H,2-4,6-7,11-12,15,19-21,23,25-26H2,1H3,(H,43,47)(H,49,50)/b16-10-/t28-,29?,31-,35+,41+/m1/s1. The first-order chi connectivity index (χ1) is 25.3. The molecular weight excluding hydrogens is 660 g/mol. The summed E-state index contributed by atoms with van der Waals surface area (Å²) in [5.41, 5.74) is 0.866. The molecular formula is C41H48N4O7. The number of fused-ring (bicyclic) bond motifs is 3.